The van der Waals surface area contributed by atoms with Gasteiger partial charge in [0.05, 0.1) is 6.42 Å². The van der Waals surface area contributed by atoms with E-state index >= 15 is 0 Å². The van der Waals surface area contributed by atoms with E-state index in [4.69, 9.17) is 0 Å². The summed E-state index contributed by atoms with van der Waals surface area (Å²) in [5, 5.41) is 7.78. The molecule has 5 nitrogen and oxygen atoms in total. The molecule has 3 amide bonds. The number of benzene rings is 1. The summed E-state index contributed by atoms with van der Waals surface area (Å²) in [6, 6.07) is 11.5. The second kappa shape index (κ2) is 8.85. The minimum absolute atomic E-state index is 0.182. The number of rotatable bonds is 5. The molecule has 2 heterocycles. The molecule has 26 heavy (non-hydrogen) atoms. The van der Waals surface area contributed by atoms with Gasteiger partial charge in [0, 0.05) is 30.2 Å². The maximum Gasteiger partial charge on any atom is 0.319 e. The smallest absolute Gasteiger partial charge is 0.319 e. The zero-order valence-corrected chi connectivity index (χ0v) is 15.8. The molecule has 1 aliphatic rings. The number of urea groups is 1. The minimum atomic E-state index is -0.198. The fourth-order valence-electron chi connectivity index (χ4n) is 3.18. The summed E-state index contributed by atoms with van der Waals surface area (Å²) >= 11 is 1.62. The lowest BCUT2D eigenvalue weighted by molar-refractivity contribution is -0.132. The van der Waals surface area contributed by atoms with Gasteiger partial charge in [-0.05, 0) is 49.3 Å². The predicted octanol–water partition coefficient (Wildman–Crippen LogP) is 3.66. The van der Waals surface area contributed by atoms with Crippen LogP contribution < -0.4 is 10.6 Å². The van der Waals surface area contributed by atoms with Crippen molar-refractivity contribution >= 4 is 29.0 Å². The highest BCUT2D eigenvalue weighted by Crippen LogP contribution is 2.18. The topological polar surface area (TPSA) is 61.4 Å². The van der Waals surface area contributed by atoms with Gasteiger partial charge in [0.1, 0.15) is 0 Å². The van der Waals surface area contributed by atoms with Gasteiger partial charge in [0.2, 0.25) is 5.91 Å². The Kier molecular flexibility index (Phi) is 6.28. The van der Waals surface area contributed by atoms with Crippen molar-refractivity contribution in [2.45, 2.75) is 26.2 Å². The number of aryl methyl sites for hydroxylation is 1. The minimum Gasteiger partial charge on any atom is -0.342 e. The monoisotopic (exact) mass is 371 g/mol. The molecular formula is C20H25N3O2S. The van der Waals surface area contributed by atoms with Crippen LogP contribution in [0.3, 0.4) is 0 Å². The van der Waals surface area contributed by atoms with Crippen LogP contribution in [0.1, 0.15) is 23.3 Å². The molecule has 1 fully saturated rings. The third-order valence-electron chi connectivity index (χ3n) is 4.64. The Morgan fingerprint density at radius 2 is 2.04 bits per heavy atom. The second-order valence-electron chi connectivity index (χ2n) is 6.81. The summed E-state index contributed by atoms with van der Waals surface area (Å²) in [4.78, 5) is 27.6. The van der Waals surface area contributed by atoms with Crippen LogP contribution in [0.2, 0.25) is 0 Å². The Bertz CT molecular complexity index is 728. The molecule has 1 aliphatic heterocycles. The normalized spacial score (nSPS) is 17.0. The Morgan fingerprint density at radius 3 is 2.77 bits per heavy atom. The van der Waals surface area contributed by atoms with E-state index in [9.17, 15) is 9.59 Å². The Hall–Kier alpha value is -2.34. The Balaban J connectivity index is 1.43. The largest absolute Gasteiger partial charge is 0.342 e. The van der Waals surface area contributed by atoms with Crippen molar-refractivity contribution in [1.82, 2.24) is 10.2 Å². The van der Waals surface area contributed by atoms with Crippen LogP contribution in [0.25, 0.3) is 0 Å². The lowest BCUT2D eigenvalue weighted by atomic mass is 9.97. The van der Waals surface area contributed by atoms with Crippen LogP contribution in [-0.2, 0) is 11.2 Å². The predicted molar refractivity (Wildman–Crippen MR) is 106 cm³/mol. The summed E-state index contributed by atoms with van der Waals surface area (Å²) < 4.78 is 0. The van der Waals surface area contributed by atoms with Crippen molar-refractivity contribution in [3.63, 3.8) is 0 Å². The number of piperidine rings is 1. The summed E-state index contributed by atoms with van der Waals surface area (Å²) in [6.45, 7) is 4.13. The van der Waals surface area contributed by atoms with Crippen molar-refractivity contribution in [3.8, 4) is 0 Å². The maximum absolute atomic E-state index is 12.5. The SMILES string of the molecule is Cc1ccc(NC(=O)NC[C@@H]2CCCN(C(=O)Cc3cccs3)C2)cc1. The number of anilines is 1. The first kappa shape index (κ1) is 18.5. The molecule has 0 saturated carbocycles. The van der Waals surface area contributed by atoms with Gasteiger partial charge in [-0.15, -0.1) is 11.3 Å². The molecule has 138 valence electrons. The van der Waals surface area contributed by atoms with Gasteiger partial charge in [-0.2, -0.15) is 0 Å². The summed E-state index contributed by atoms with van der Waals surface area (Å²) in [5.74, 6) is 0.487. The van der Waals surface area contributed by atoms with Crippen molar-refractivity contribution in [2.24, 2.45) is 5.92 Å². The molecule has 6 heteroatoms. The number of likely N-dealkylation sites (tertiary alicyclic amines) is 1. The molecule has 0 radical (unpaired) electrons. The van der Waals surface area contributed by atoms with Gasteiger partial charge in [0.15, 0.2) is 0 Å². The summed E-state index contributed by atoms with van der Waals surface area (Å²) in [7, 11) is 0. The fraction of sp³-hybridized carbons (Fsp3) is 0.400. The van der Waals surface area contributed by atoms with Crippen molar-refractivity contribution < 1.29 is 9.59 Å². The maximum atomic E-state index is 12.5. The van der Waals surface area contributed by atoms with Gasteiger partial charge in [0.25, 0.3) is 0 Å². The average molecular weight is 372 g/mol. The fourth-order valence-corrected chi connectivity index (χ4v) is 3.88. The molecule has 1 aromatic heterocycles. The zero-order valence-electron chi connectivity index (χ0n) is 15.0. The van der Waals surface area contributed by atoms with E-state index in [-0.39, 0.29) is 11.9 Å². The van der Waals surface area contributed by atoms with E-state index in [1.54, 1.807) is 11.3 Å². The highest BCUT2D eigenvalue weighted by molar-refractivity contribution is 7.10. The number of hydrogen-bond acceptors (Lipinski definition) is 3. The number of carbonyl (C=O) groups excluding carboxylic acids is 2. The lowest BCUT2D eigenvalue weighted by Crippen LogP contribution is -2.44. The molecule has 1 aromatic carbocycles. The lowest BCUT2D eigenvalue weighted by Gasteiger charge is -2.33. The van der Waals surface area contributed by atoms with E-state index in [0.717, 1.165) is 42.1 Å². The first-order chi connectivity index (χ1) is 12.6. The van der Waals surface area contributed by atoms with E-state index in [0.29, 0.717) is 18.9 Å². The number of thiophene rings is 1. The van der Waals surface area contributed by atoms with Gasteiger partial charge < -0.3 is 15.5 Å². The van der Waals surface area contributed by atoms with Gasteiger partial charge in [-0.1, -0.05) is 23.8 Å². The van der Waals surface area contributed by atoms with Crippen LogP contribution in [0, 0.1) is 12.8 Å². The molecule has 2 N–H and O–H groups in total. The molecule has 0 bridgehead atoms. The summed E-state index contributed by atoms with van der Waals surface area (Å²) in [5.41, 5.74) is 1.94. The number of hydrogen-bond donors (Lipinski definition) is 2. The zero-order chi connectivity index (χ0) is 18.4. The third-order valence-corrected chi connectivity index (χ3v) is 5.51. The number of amides is 3. The Labute approximate surface area is 158 Å². The van der Waals surface area contributed by atoms with E-state index in [1.807, 2.05) is 53.6 Å². The van der Waals surface area contributed by atoms with Crippen molar-refractivity contribution in [3.05, 3.63) is 52.2 Å². The molecule has 1 saturated heterocycles. The standard InChI is InChI=1S/C20H25N3O2S/c1-15-6-8-17(9-7-15)22-20(25)21-13-16-4-2-10-23(14-16)19(24)12-18-5-3-11-26-18/h3,5-9,11,16H,2,4,10,12-14H2,1H3,(H2,21,22,25)/t16-/m0/s1. The Morgan fingerprint density at radius 1 is 1.23 bits per heavy atom. The summed E-state index contributed by atoms with van der Waals surface area (Å²) in [6.07, 6.45) is 2.50. The second-order valence-corrected chi connectivity index (χ2v) is 7.84. The molecule has 1 atom stereocenters. The van der Waals surface area contributed by atoms with Crippen LogP contribution in [0.5, 0.6) is 0 Å². The molecule has 0 aliphatic carbocycles. The molecule has 3 rings (SSSR count). The molecule has 2 aromatic rings. The van der Waals surface area contributed by atoms with Crippen molar-refractivity contribution in [1.29, 1.82) is 0 Å². The van der Waals surface area contributed by atoms with Gasteiger partial charge >= 0.3 is 6.03 Å². The number of carbonyl (C=O) groups is 2. The van der Waals surface area contributed by atoms with E-state index in [2.05, 4.69) is 10.6 Å². The number of nitrogens with zero attached hydrogens (tertiary/aromatic N) is 1. The molecular weight excluding hydrogens is 346 g/mol. The van der Waals surface area contributed by atoms with Crippen molar-refractivity contribution in [2.75, 3.05) is 25.0 Å². The van der Waals surface area contributed by atoms with Crippen LogP contribution >= 0.6 is 11.3 Å². The van der Waals surface area contributed by atoms with Crippen LogP contribution in [0.15, 0.2) is 41.8 Å². The van der Waals surface area contributed by atoms with Gasteiger partial charge in [-0.3, -0.25) is 4.79 Å². The quantitative estimate of drug-likeness (QED) is 0.843. The highest BCUT2D eigenvalue weighted by Gasteiger charge is 2.24. The highest BCUT2D eigenvalue weighted by atomic mass is 32.1. The van der Waals surface area contributed by atoms with Gasteiger partial charge in [-0.25, -0.2) is 4.79 Å². The van der Waals surface area contributed by atoms with E-state index < -0.39 is 0 Å². The first-order valence-electron chi connectivity index (χ1n) is 9.02. The first-order valence-corrected chi connectivity index (χ1v) is 9.90. The molecule has 0 unspecified atom stereocenters. The van der Waals surface area contributed by atoms with E-state index in [1.165, 1.54) is 0 Å². The molecule has 0 spiro atoms. The average Bonchev–Trinajstić information content (AvgIpc) is 3.15. The van der Waals surface area contributed by atoms with Crippen LogP contribution in [-0.4, -0.2) is 36.5 Å². The number of nitrogens with one attached hydrogen (secondary N) is 2. The third kappa shape index (κ3) is 5.33. The van der Waals surface area contributed by atoms with Crippen LogP contribution in [0.4, 0.5) is 10.5 Å².